The third kappa shape index (κ3) is 3.51. The van der Waals surface area contributed by atoms with E-state index in [4.69, 9.17) is 5.73 Å². The molecule has 2 N–H and O–H groups in total. The van der Waals surface area contributed by atoms with Crippen LogP contribution < -0.4 is 5.73 Å². The topological polar surface area (TPSA) is 43.8 Å². The van der Waals surface area contributed by atoms with Gasteiger partial charge in [-0.25, -0.2) is 4.68 Å². The Balaban J connectivity index is 2.48. The molecule has 0 fully saturated rings. The maximum absolute atomic E-state index is 13.1. The molecule has 0 saturated heterocycles. The van der Waals surface area contributed by atoms with E-state index in [9.17, 15) is 13.2 Å². The van der Waals surface area contributed by atoms with Gasteiger partial charge < -0.3 is 5.73 Å². The Morgan fingerprint density at radius 2 is 2.10 bits per heavy atom. The molecule has 1 atom stereocenters. The van der Waals surface area contributed by atoms with Gasteiger partial charge >= 0.3 is 6.18 Å². The first-order chi connectivity index (χ1) is 9.27. The van der Waals surface area contributed by atoms with Gasteiger partial charge in [0.05, 0.1) is 21.0 Å². The quantitative estimate of drug-likeness (QED) is 0.810. The van der Waals surface area contributed by atoms with Gasteiger partial charge in [-0.2, -0.15) is 18.3 Å². The summed E-state index contributed by atoms with van der Waals surface area (Å²) in [6, 6.07) is 3.87. The summed E-state index contributed by atoms with van der Waals surface area (Å²) >= 11 is 2.05. The monoisotopic (exact) mass is 395 g/mol. The van der Waals surface area contributed by atoms with Gasteiger partial charge in [0.25, 0.3) is 0 Å². The molecule has 0 saturated carbocycles. The van der Waals surface area contributed by atoms with E-state index in [0.29, 0.717) is 5.69 Å². The number of aromatic nitrogens is 2. The van der Waals surface area contributed by atoms with Gasteiger partial charge in [0, 0.05) is 12.2 Å². The zero-order valence-electron chi connectivity index (χ0n) is 10.7. The summed E-state index contributed by atoms with van der Waals surface area (Å²) in [5.41, 5.74) is 5.54. The van der Waals surface area contributed by atoms with E-state index < -0.39 is 11.7 Å². The lowest BCUT2D eigenvalue weighted by Crippen LogP contribution is -2.21. The van der Waals surface area contributed by atoms with Gasteiger partial charge in [0.15, 0.2) is 0 Å². The van der Waals surface area contributed by atoms with E-state index in [2.05, 4.69) is 27.7 Å². The van der Waals surface area contributed by atoms with Gasteiger partial charge in [0.1, 0.15) is 0 Å². The minimum Gasteiger partial charge on any atom is -0.328 e. The van der Waals surface area contributed by atoms with Gasteiger partial charge in [0.2, 0.25) is 0 Å². The van der Waals surface area contributed by atoms with E-state index in [-0.39, 0.29) is 18.0 Å². The molecule has 0 spiro atoms. The molecular formula is C13H13F3IN3. The van der Waals surface area contributed by atoms with Crippen molar-refractivity contribution in [2.45, 2.75) is 25.6 Å². The molecule has 0 radical (unpaired) electrons. The lowest BCUT2D eigenvalue weighted by atomic mass is 10.00. The summed E-state index contributed by atoms with van der Waals surface area (Å²) in [6.07, 6.45) is -0.961. The SMILES string of the molecule is CC(N)Cc1ccc(-n2cc(I)cn2)cc1C(F)(F)F. The highest BCUT2D eigenvalue weighted by Crippen LogP contribution is 2.34. The highest BCUT2D eigenvalue weighted by Gasteiger charge is 2.33. The van der Waals surface area contributed by atoms with Crippen LogP contribution in [0.3, 0.4) is 0 Å². The molecule has 20 heavy (non-hydrogen) atoms. The van der Waals surface area contributed by atoms with Gasteiger partial charge in [-0.05, 0) is 53.6 Å². The number of nitrogens with zero attached hydrogens (tertiary/aromatic N) is 2. The van der Waals surface area contributed by atoms with Crippen LogP contribution in [0.1, 0.15) is 18.1 Å². The number of benzene rings is 1. The van der Waals surface area contributed by atoms with Crippen molar-refractivity contribution >= 4 is 22.6 Å². The summed E-state index contributed by atoms with van der Waals surface area (Å²) in [5.74, 6) is 0. The molecule has 1 aromatic heterocycles. The summed E-state index contributed by atoms with van der Waals surface area (Å²) in [5, 5.41) is 4.02. The van der Waals surface area contributed by atoms with E-state index in [1.807, 2.05) is 0 Å². The van der Waals surface area contributed by atoms with E-state index in [0.717, 1.165) is 9.64 Å². The molecule has 1 heterocycles. The molecule has 0 aliphatic heterocycles. The van der Waals surface area contributed by atoms with Crippen LogP contribution in [-0.4, -0.2) is 15.8 Å². The second-order valence-corrected chi connectivity index (χ2v) is 5.87. The first-order valence-electron chi connectivity index (χ1n) is 5.93. The number of rotatable bonds is 3. The van der Waals surface area contributed by atoms with Crippen molar-refractivity contribution in [1.29, 1.82) is 0 Å². The van der Waals surface area contributed by atoms with Crippen LogP contribution in [0.25, 0.3) is 5.69 Å². The lowest BCUT2D eigenvalue weighted by Gasteiger charge is -2.16. The largest absolute Gasteiger partial charge is 0.416 e. The molecule has 108 valence electrons. The zero-order chi connectivity index (χ0) is 14.9. The Bertz CT molecular complexity index is 605. The highest BCUT2D eigenvalue weighted by molar-refractivity contribution is 14.1. The summed E-state index contributed by atoms with van der Waals surface area (Å²) in [7, 11) is 0. The fourth-order valence-corrected chi connectivity index (χ4v) is 2.33. The Morgan fingerprint density at radius 1 is 1.40 bits per heavy atom. The molecule has 7 heteroatoms. The van der Waals surface area contributed by atoms with Crippen molar-refractivity contribution in [3.05, 3.63) is 45.3 Å². The normalized spacial score (nSPS) is 13.5. The lowest BCUT2D eigenvalue weighted by molar-refractivity contribution is -0.138. The maximum Gasteiger partial charge on any atom is 0.416 e. The minimum absolute atomic E-state index is 0.186. The van der Waals surface area contributed by atoms with Crippen molar-refractivity contribution in [1.82, 2.24) is 9.78 Å². The second kappa shape index (κ2) is 5.72. The first kappa shape index (κ1) is 15.3. The molecular weight excluding hydrogens is 382 g/mol. The molecule has 1 unspecified atom stereocenters. The smallest absolute Gasteiger partial charge is 0.328 e. The molecule has 0 amide bonds. The summed E-state index contributed by atoms with van der Waals surface area (Å²) < 4.78 is 41.7. The van der Waals surface area contributed by atoms with Crippen molar-refractivity contribution in [3.63, 3.8) is 0 Å². The Kier molecular flexibility index (Phi) is 4.38. The van der Waals surface area contributed by atoms with Gasteiger partial charge in [-0.1, -0.05) is 6.07 Å². The van der Waals surface area contributed by atoms with Crippen molar-refractivity contribution < 1.29 is 13.2 Å². The van der Waals surface area contributed by atoms with Gasteiger partial charge in [-0.15, -0.1) is 0 Å². The first-order valence-corrected chi connectivity index (χ1v) is 7.01. The van der Waals surface area contributed by atoms with Crippen LogP contribution in [0.15, 0.2) is 30.6 Å². The molecule has 3 nitrogen and oxygen atoms in total. The Morgan fingerprint density at radius 3 is 2.60 bits per heavy atom. The third-order valence-corrected chi connectivity index (χ3v) is 3.31. The number of nitrogens with two attached hydrogens (primary N) is 1. The number of halogens is 4. The predicted octanol–water partition coefficient (Wildman–Crippen LogP) is 3.39. The number of hydrogen-bond acceptors (Lipinski definition) is 2. The third-order valence-electron chi connectivity index (χ3n) is 2.76. The molecule has 2 rings (SSSR count). The summed E-state index contributed by atoms with van der Waals surface area (Å²) in [4.78, 5) is 0. The van der Waals surface area contributed by atoms with Crippen LogP contribution in [0.4, 0.5) is 13.2 Å². The van der Waals surface area contributed by atoms with Crippen LogP contribution in [0, 0.1) is 3.57 Å². The van der Waals surface area contributed by atoms with E-state index in [1.54, 1.807) is 25.4 Å². The fourth-order valence-electron chi connectivity index (χ4n) is 1.94. The average molecular weight is 395 g/mol. The fraction of sp³-hybridized carbons (Fsp3) is 0.308. The standard InChI is InChI=1S/C13H13F3IN3/c1-8(18)4-9-2-3-11(5-12(9)13(14,15)16)20-7-10(17)6-19-20/h2-3,5-8H,4,18H2,1H3. The van der Waals surface area contributed by atoms with Gasteiger partial charge in [-0.3, -0.25) is 0 Å². The van der Waals surface area contributed by atoms with Crippen molar-refractivity contribution in [2.75, 3.05) is 0 Å². The predicted molar refractivity (Wildman–Crippen MR) is 78.6 cm³/mol. The van der Waals surface area contributed by atoms with Crippen LogP contribution in [-0.2, 0) is 12.6 Å². The second-order valence-electron chi connectivity index (χ2n) is 4.62. The molecule has 2 aromatic rings. The van der Waals surface area contributed by atoms with Crippen LogP contribution >= 0.6 is 22.6 Å². The molecule has 0 aliphatic rings. The Labute approximate surface area is 128 Å². The van der Waals surface area contributed by atoms with Crippen molar-refractivity contribution in [3.8, 4) is 5.69 Å². The van der Waals surface area contributed by atoms with Crippen LogP contribution in [0.5, 0.6) is 0 Å². The zero-order valence-corrected chi connectivity index (χ0v) is 12.8. The maximum atomic E-state index is 13.1. The molecule has 0 bridgehead atoms. The summed E-state index contributed by atoms with van der Waals surface area (Å²) in [6.45, 7) is 1.68. The molecule has 0 aliphatic carbocycles. The molecule has 1 aromatic carbocycles. The minimum atomic E-state index is -4.40. The highest BCUT2D eigenvalue weighted by atomic mass is 127. The van der Waals surface area contributed by atoms with Crippen molar-refractivity contribution in [2.24, 2.45) is 5.73 Å². The Hall–Kier alpha value is -1.09. The van der Waals surface area contributed by atoms with E-state index >= 15 is 0 Å². The van der Waals surface area contributed by atoms with E-state index in [1.165, 1.54) is 10.7 Å². The number of hydrogen-bond donors (Lipinski definition) is 1. The average Bonchev–Trinajstić information content (AvgIpc) is 2.74. The van der Waals surface area contributed by atoms with Crippen LogP contribution in [0.2, 0.25) is 0 Å². The number of alkyl halides is 3.